The van der Waals surface area contributed by atoms with Crippen molar-refractivity contribution in [2.24, 2.45) is 0 Å². The number of para-hydroxylation sites is 1. The van der Waals surface area contributed by atoms with Crippen LogP contribution in [0.3, 0.4) is 0 Å². The number of anilines is 1. The van der Waals surface area contributed by atoms with Gasteiger partial charge in [0.05, 0.1) is 45.4 Å². The number of nitrogens with zero attached hydrogens (tertiary/aromatic N) is 5. The lowest BCUT2D eigenvalue weighted by Gasteiger charge is -2.18. The zero-order chi connectivity index (χ0) is 46.3. The van der Waals surface area contributed by atoms with Gasteiger partial charge in [-0.15, -0.1) is 11.6 Å². The minimum atomic E-state index is -0.675. The van der Waals surface area contributed by atoms with Crippen molar-refractivity contribution in [3.8, 4) is 51.2 Å². The van der Waals surface area contributed by atoms with Crippen LogP contribution < -0.4 is 14.8 Å². The second-order valence-electron chi connectivity index (χ2n) is 16.0. The first-order valence-corrected chi connectivity index (χ1v) is 21.5. The lowest BCUT2D eigenvalue weighted by Crippen LogP contribution is -2.22. The molecule has 1 N–H and O–H groups in total. The van der Waals surface area contributed by atoms with Crippen LogP contribution in [-0.4, -0.2) is 55.6 Å². The molecule has 1 unspecified atom stereocenters. The van der Waals surface area contributed by atoms with E-state index in [1.807, 2.05) is 136 Å². The predicted molar refractivity (Wildman–Crippen MR) is 256 cm³/mol. The van der Waals surface area contributed by atoms with Crippen molar-refractivity contribution < 1.29 is 28.3 Å². The van der Waals surface area contributed by atoms with Crippen LogP contribution in [-0.2, 0) is 19.7 Å². The van der Waals surface area contributed by atoms with E-state index in [0.717, 1.165) is 56.3 Å². The number of carbonyl (C=O) groups is 2. The third kappa shape index (κ3) is 10.2. The Balaban J connectivity index is 0.000000194. The van der Waals surface area contributed by atoms with E-state index >= 15 is 0 Å². The molecular weight excluding hydrogens is 840 g/mol. The highest BCUT2D eigenvalue weighted by Gasteiger charge is 2.31. The van der Waals surface area contributed by atoms with Gasteiger partial charge in [0, 0.05) is 45.6 Å². The lowest BCUT2D eigenvalue weighted by atomic mass is 9.88. The van der Waals surface area contributed by atoms with Gasteiger partial charge < -0.3 is 24.1 Å². The van der Waals surface area contributed by atoms with Crippen molar-refractivity contribution in [2.75, 3.05) is 17.8 Å². The summed E-state index contributed by atoms with van der Waals surface area (Å²) in [6, 6.07) is 38.8. The first-order chi connectivity index (χ1) is 31.3. The first kappa shape index (κ1) is 45.6. The van der Waals surface area contributed by atoms with Gasteiger partial charge in [-0.25, -0.2) is 19.4 Å². The van der Waals surface area contributed by atoms with Gasteiger partial charge in [0.15, 0.2) is 0 Å². The molecule has 4 heterocycles. The van der Waals surface area contributed by atoms with Crippen LogP contribution in [0.1, 0.15) is 46.0 Å². The second-order valence-corrected chi connectivity index (χ2v) is 16.3. The molecule has 0 bridgehead atoms. The van der Waals surface area contributed by atoms with Gasteiger partial charge >= 0.3 is 11.9 Å². The van der Waals surface area contributed by atoms with Crippen LogP contribution in [0.25, 0.3) is 61.3 Å². The summed E-state index contributed by atoms with van der Waals surface area (Å²) in [6.07, 6.45) is 0.472. The number of nitrogens with one attached hydrogen (secondary N) is 1. The van der Waals surface area contributed by atoms with E-state index in [1.54, 1.807) is 13.0 Å². The van der Waals surface area contributed by atoms with Crippen molar-refractivity contribution in [1.82, 2.24) is 24.9 Å². The van der Waals surface area contributed by atoms with Gasteiger partial charge in [0.2, 0.25) is 6.29 Å². The molecule has 0 fully saturated rings. The number of pyridine rings is 2. The number of halogens is 1. The second kappa shape index (κ2) is 20.0. The molecule has 330 valence electrons. The van der Waals surface area contributed by atoms with Gasteiger partial charge in [-0.2, -0.15) is 5.10 Å². The van der Waals surface area contributed by atoms with Crippen molar-refractivity contribution >= 4 is 51.0 Å². The Labute approximate surface area is 382 Å². The maximum Gasteiger partial charge on any atom is 0.335 e. The highest BCUT2D eigenvalue weighted by Crippen LogP contribution is 2.41. The summed E-state index contributed by atoms with van der Waals surface area (Å²) in [7, 11) is 0. The summed E-state index contributed by atoms with van der Waals surface area (Å²) in [6.45, 7) is 19.3. The van der Waals surface area contributed by atoms with Gasteiger partial charge in [0.25, 0.3) is 5.91 Å². The topological polar surface area (TPSA) is 143 Å². The molecular formula is C52H49ClN6O6. The summed E-state index contributed by atoms with van der Waals surface area (Å²) in [5, 5.41) is 13.7. The molecule has 65 heavy (non-hydrogen) atoms. The van der Waals surface area contributed by atoms with E-state index in [0.29, 0.717) is 46.1 Å². The van der Waals surface area contributed by atoms with Crippen LogP contribution in [0.4, 0.5) is 5.69 Å². The number of fused-ring (bicyclic) bond motifs is 2. The number of amides is 1. The Morgan fingerprint density at radius 2 is 1.48 bits per heavy atom. The van der Waals surface area contributed by atoms with Crippen molar-refractivity contribution in [1.29, 1.82) is 0 Å². The van der Waals surface area contributed by atoms with E-state index in [1.165, 1.54) is 0 Å². The Bertz CT molecular complexity index is 3010. The Hall–Kier alpha value is -7.41. The third-order valence-electron chi connectivity index (χ3n) is 10.2. The number of esters is 1. The fraction of sp³-hybridized carbons (Fsp3) is 0.192. The Kier molecular flexibility index (Phi) is 14.0. The molecule has 1 amide bonds. The normalized spacial score (nSPS) is 11.7. The number of hydrogen-bond donors (Lipinski definition) is 1. The number of ether oxygens (including phenoxy) is 3. The summed E-state index contributed by atoms with van der Waals surface area (Å²) >= 11 is 5.98. The molecule has 12 nitrogen and oxygen atoms in total. The third-order valence-corrected chi connectivity index (χ3v) is 10.5. The van der Waals surface area contributed by atoms with E-state index in [9.17, 15) is 9.59 Å². The molecule has 13 heteroatoms. The van der Waals surface area contributed by atoms with E-state index in [4.69, 9.17) is 45.4 Å². The molecule has 0 spiro atoms. The molecule has 0 aliphatic rings. The van der Waals surface area contributed by atoms with Gasteiger partial charge in [-0.1, -0.05) is 99.7 Å². The molecule has 4 aromatic carbocycles. The van der Waals surface area contributed by atoms with Gasteiger partial charge in [-0.3, -0.25) is 4.79 Å². The molecule has 0 saturated heterocycles. The predicted octanol–water partition coefficient (Wildman–Crippen LogP) is 11.8. The van der Waals surface area contributed by atoms with Crippen LogP contribution in [0.15, 0.2) is 151 Å². The molecule has 1 atom stereocenters. The van der Waals surface area contributed by atoms with E-state index < -0.39 is 12.3 Å². The standard InChI is InChI=1S/C28H21N3O2.C24H28ClN3O4/c1-3-26(32)33-25-16-10-15-23-22(25)17-18-24(29-23)27-19(2)31(21-13-8-5-9-14-21)30-28(27)20-11-6-4-7-12-20;1-7-30-19(13-25)31-23-20(21(28-32-23)24(4,5)6)18-12-11-15-16(26-18)9-8-10-17(15)27-22(29)14(2)3/h3-18H,1H2,2H3;8-12,19H,2,7,13H2,1,3-6H3,(H,27,29). The number of hydrogen-bond acceptors (Lipinski definition) is 10. The maximum absolute atomic E-state index is 12.1. The van der Waals surface area contributed by atoms with E-state index in [2.05, 4.69) is 42.7 Å². The quantitative estimate of drug-likeness (QED) is 0.0390. The molecule has 8 aromatic rings. The van der Waals surface area contributed by atoms with Crippen molar-refractivity contribution in [3.05, 3.63) is 158 Å². The molecule has 0 aliphatic heterocycles. The van der Waals surface area contributed by atoms with Crippen LogP contribution >= 0.6 is 11.6 Å². The summed E-state index contributed by atoms with van der Waals surface area (Å²) in [4.78, 5) is 33.6. The number of aromatic nitrogens is 5. The van der Waals surface area contributed by atoms with Gasteiger partial charge in [0.1, 0.15) is 22.7 Å². The number of carbonyl (C=O) groups excluding carboxylic acids is 2. The molecule has 0 saturated carbocycles. The maximum atomic E-state index is 12.1. The summed E-state index contributed by atoms with van der Waals surface area (Å²) < 4.78 is 24.3. The number of alkyl halides is 1. The smallest absolute Gasteiger partial charge is 0.335 e. The minimum absolute atomic E-state index is 0.135. The molecule has 0 radical (unpaired) electrons. The summed E-state index contributed by atoms with van der Waals surface area (Å²) in [5.74, 6) is 0.0479. The highest BCUT2D eigenvalue weighted by atomic mass is 35.5. The fourth-order valence-corrected chi connectivity index (χ4v) is 7.23. The Morgan fingerprint density at radius 1 is 0.846 bits per heavy atom. The average molecular weight is 889 g/mol. The first-order valence-electron chi connectivity index (χ1n) is 21.0. The largest absolute Gasteiger partial charge is 0.432 e. The number of benzene rings is 4. The monoisotopic (exact) mass is 888 g/mol. The van der Waals surface area contributed by atoms with Crippen LogP contribution in [0, 0.1) is 6.92 Å². The average Bonchev–Trinajstić information content (AvgIpc) is 3.90. The lowest BCUT2D eigenvalue weighted by molar-refractivity contribution is -0.128. The van der Waals surface area contributed by atoms with Gasteiger partial charge in [-0.05, 0) is 81.4 Å². The SMILES string of the molecule is C=C(C)C(=O)Nc1cccc2nc(-c3c(C(C)(C)C)noc3OC(CCl)OCC)ccc12.C=CC(=O)Oc1cccc2nc(-c3c(-c4ccccc4)nn(-c4ccccc4)c3C)ccc12. The van der Waals surface area contributed by atoms with Crippen molar-refractivity contribution in [3.63, 3.8) is 0 Å². The van der Waals surface area contributed by atoms with Crippen LogP contribution in [0.5, 0.6) is 11.7 Å². The minimum Gasteiger partial charge on any atom is -0.432 e. The molecule has 0 aliphatic carbocycles. The van der Waals surface area contributed by atoms with E-state index in [-0.39, 0.29) is 23.1 Å². The van der Waals surface area contributed by atoms with Crippen LogP contribution in [0.2, 0.25) is 0 Å². The highest BCUT2D eigenvalue weighted by molar-refractivity contribution is 6.18. The fourth-order valence-electron chi connectivity index (χ4n) is 7.07. The van der Waals surface area contributed by atoms with Crippen molar-refractivity contribution in [2.45, 2.75) is 53.2 Å². The Morgan fingerprint density at radius 3 is 2.11 bits per heavy atom. The molecule has 8 rings (SSSR count). The zero-order valence-corrected chi connectivity index (χ0v) is 37.8. The summed E-state index contributed by atoms with van der Waals surface area (Å²) in [5.41, 5.74) is 9.78. The zero-order valence-electron chi connectivity index (χ0n) is 37.1. The molecule has 4 aromatic heterocycles. The number of rotatable bonds is 13.